The molecule has 2 heterocycles. The van der Waals surface area contributed by atoms with Crippen molar-refractivity contribution in [3.8, 4) is 17.2 Å². The predicted molar refractivity (Wildman–Crippen MR) is 146 cm³/mol. The predicted octanol–water partition coefficient (Wildman–Crippen LogP) is 3.44. The second-order valence-corrected chi connectivity index (χ2v) is 12.3. The van der Waals surface area contributed by atoms with Crippen LogP contribution < -0.4 is 24.4 Å². The van der Waals surface area contributed by atoms with Crippen LogP contribution in [0.1, 0.15) is 38.2 Å². The molecule has 11 heteroatoms. The number of rotatable bonds is 8. The maximum atomic E-state index is 13.5. The lowest BCUT2D eigenvalue weighted by Gasteiger charge is -2.30. The Labute approximate surface area is 229 Å². The van der Waals surface area contributed by atoms with E-state index in [4.69, 9.17) is 14.2 Å². The summed E-state index contributed by atoms with van der Waals surface area (Å²) in [4.78, 5) is 27.8. The van der Waals surface area contributed by atoms with E-state index in [1.165, 1.54) is 25.6 Å². The summed E-state index contributed by atoms with van der Waals surface area (Å²) in [5.41, 5.74) is 2.21. The summed E-state index contributed by atoms with van der Waals surface area (Å²) in [6.07, 6.45) is 3.31. The zero-order chi connectivity index (χ0) is 27.9. The van der Waals surface area contributed by atoms with Crippen molar-refractivity contribution in [2.45, 2.75) is 50.0 Å². The number of carbonyl (C=O) groups excluding carboxylic acids is 2. The van der Waals surface area contributed by atoms with E-state index in [1.54, 1.807) is 30.3 Å². The third-order valence-electron chi connectivity index (χ3n) is 7.83. The third-order valence-corrected chi connectivity index (χ3v) is 9.72. The Balaban J connectivity index is 1.24. The van der Waals surface area contributed by atoms with Crippen LogP contribution in [0.4, 0.5) is 11.4 Å². The van der Waals surface area contributed by atoms with Gasteiger partial charge in [-0.2, -0.15) is 4.31 Å². The summed E-state index contributed by atoms with van der Waals surface area (Å²) in [7, 11) is 0.792. The average Bonchev–Trinajstić information content (AvgIpc) is 3.73. The molecule has 1 N–H and O–H groups in total. The van der Waals surface area contributed by atoms with Crippen LogP contribution in [0.25, 0.3) is 0 Å². The second-order valence-electron chi connectivity index (χ2n) is 10.4. The highest BCUT2D eigenvalue weighted by molar-refractivity contribution is 7.89. The topological polar surface area (TPSA) is 114 Å². The van der Waals surface area contributed by atoms with Gasteiger partial charge in [0.05, 0.1) is 26.2 Å². The Kier molecular flexibility index (Phi) is 7.47. The number of piperidine rings is 1. The number of nitrogens with zero attached hydrogens (tertiary/aromatic N) is 2. The number of nitrogens with one attached hydrogen (secondary N) is 1. The van der Waals surface area contributed by atoms with Crippen molar-refractivity contribution in [1.29, 1.82) is 0 Å². The summed E-state index contributed by atoms with van der Waals surface area (Å²) >= 11 is 0. The van der Waals surface area contributed by atoms with Crippen LogP contribution in [-0.2, 0) is 26.0 Å². The highest BCUT2D eigenvalue weighted by Crippen LogP contribution is 2.41. The maximum Gasteiger partial charge on any atom is 0.243 e. The number of fused-ring (bicyclic) bond motifs is 1. The molecule has 1 aliphatic carbocycles. The third kappa shape index (κ3) is 5.17. The van der Waals surface area contributed by atoms with Gasteiger partial charge in [-0.1, -0.05) is 0 Å². The van der Waals surface area contributed by atoms with Crippen molar-refractivity contribution in [3.63, 3.8) is 0 Å². The maximum absolute atomic E-state index is 13.5. The SMILES string of the molecule is COc1cc(NC(=O)C2CCN(S(=O)(=O)c3ccc4c(c3)C[C@H](C)N4C(=O)C3CC3)CC2)cc(OC)c1OC. The molecule has 3 aliphatic rings. The Morgan fingerprint density at radius 3 is 2.10 bits per heavy atom. The monoisotopic (exact) mass is 557 g/mol. The summed E-state index contributed by atoms with van der Waals surface area (Å²) < 4.78 is 44.4. The fourth-order valence-corrected chi connectivity index (χ4v) is 7.06. The van der Waals surface area contributed by atoms with Crippen LogP contribution in [-0.4, -0.2) is 65.0 Å². The summed E-state index contributed by atoms with van der Waals surface area (Å²) in [6, 6.07) is 8.42. The van der Waals surface area contributed by atoms with E-state index in [1.807, 2.05) is 11.8 Å². The number of benzene rings is 2. The minimum absolute atomic E-state index is 0.0194. The van der Waals surface area contributed by atoms with Gasteiger partial charge in [-0.25, -0.2) is 8.42 Å². The molecule has 1 saturated carbocycles. The van der Waals surface area contributed by atoms with Gasteiger partial charge in [-0.15, -0.1) is 0 Å². The fraction of sp³-hybridized carbons (Fsp3) is 0.500. The Bertz CT molecular complexity index is 1360. The molecular weight excluding hydrogens is 522 g/mol. The summed E-state index contributed by atoms with van der Waals surface area (Å²) in [5.74, 6) is 1.01. The minimum atomic E-state index is -3.73. The largest absolute Gasteiger partial charge is 0.493 e. The van der Waals surface area contributed by atoms with E-state index < -0.39 is 10.0 Å². The normalized spacial score (nSPS) is 19.9. The number of hydrogen-bond acceptors (Lipinski definition) is 7. The van der Waals surface area contributed by atoms with Crippen molar-refractivity contribution >= 4 is 33.2 Å². The zero-order valence-electron chi connectivity index (χ0n) is 22.7. The van der Waals surface area contributed by atoms with Crippen molar-refractivity contribution in [3.05, 3.63) is 35.9 Å². The molecular formula is C28H35N3O7S. The summed E-state index contributed by atoms with van der Waals surface area (Å²) in [5, 5.41) is 2.90. The Hall–Kier alpha value is -3.31. The van der Waals surface area contributed by atoms with Gasteiger partial charge in [-0.05, 0) is 62.8 Å². The first kappa shape index (κ1) is 27.3. The molecule has 0 aromatic heterocycles. The Morgan fingerprint density at radius 1 is 0.897 bits per heavy atom. The number of carbonyl (C=O) groups is 2. The van der Waals surface area contributed by atoms with Gasteiger partial charge in [0.1, 0.15) is 0 Å². The molecule has 1 saturated heterocycles. The van der Waals surface area contributed by atoms with Gasteiger partial charge in [0.2, 0.25) is 27.6 Å². The molecule has 2 amide bonds. The lowest BCUT2D eigenvalue weighted by molar-refractivity contribution is -0.121. The van der Waals surface area contributed by atoms with Gasteiger partial charge < -0.3 is 24.4 Å². The van der Waals surface area contributed by atoms with Crippen LogP contribution in [0, 0.1) is 11.8 Å². The number of ether oxygens (including phenoxy) is 3. The highest BCUT2D eigenvalue weighted by atomic mass is 32.2. The number of amides is 2. The lowest BCUT2D eigenvalue weighted by Crippen LogP contribution is -2.41. The molecule has 0 unspecified atom stereocenters. The number of hydrogen-bond donors (Lipinski definition) is 1. The Morgan fingerprint density at radius 2 is 1.54 bits per heavy atom. The van der Waals surface area contributed by atoms with Crippen LogP contribution in [0.15, 0.2) is 35.2 Å². The van der Waals surface area contributed by atoms with Crippen molar-refractivity contribution in [2.24, 2.45) is 11.8 Å². The van der Waals surface area contributed by atoms with E-state index in [2.05, 4.69) is 5.32 Å². The quantitative estimate of drug-likeness (QED) is 0.529. The standard InChI is InChI=1S/C28H35N3O7S/c1-17-13-20-14-22(7-8-23(20)31(17)28(33)19-5-6-19)39(34,35)30-11-9-18(10-12-30)27(32)29-21-15-24(36-2)26(38-4)25(16-21)37-3/h7-8,14-19H,5-6,9-13H2,1-4H3,(H,29,32)/t17-/m0/s1. The lowest BCUT2D eigenvalue weighted by atomic mass is 9.97. The summed E-state index contributed by atoms with van der Waals surface area (Å²) in [6.45, 7) is 2.49. The molecule has 0 radical (unpaired) electrons. The molecule has 2 fully saturated rings. The van der Waals surface area contributed by atoms with Gasteiger partial charge in [0.15, 0.2) is 11.5 Å². The highest BCUT2D eigenvalue weighted by Gasteiger charge is 2.40. The van der Waals surface area contributed by atoms with Gasteiger partial charge >= 0.3 is 0 Å². The van der Waals surface area contributed by atoms with Crippen LogP contribution in [0.5, 0.6) is 17.2 Å². The molecule has 210 valence electrons. The molecule has 2 aromatic carbocycles. The van der Waals surface area contributed by atoms with Crippen LogP contribution >= 0.6 is 0 Å². The molecule has 5 rings (SSSR count). The molecule has 0 spiro atoms. The molecule has 0 bridgehead atoms. The van der Waals surface area contributed by atoms with E-state index in [-0.39, 0.29) is 47.7 Å². The van der Waals surface area contributed by atoms with Crippen molar-refractivity contribution in [1.82, 2.24) is 4.31 Å². The zero-order valence-corrected chi connectivity index (χ0v) is 23.5. The molecule has 10 nitrogen and oxygen atoms in total. The van der Waals surface area contributed by atoms with Gasteiger partial charge in [0, 0.05) is 54.5 Å². The first-order valence-corrected chi connectivity index (χ1v) is 14.7. The number of sulfonamides is 1. The number of methoxy groups -OCH3 is 3. The van der Waals surface area contributed by atoms with E-state index in [0.717, 1.165) is 24.1 Å². The molecule has 1 atom stereocenters. The van der Waals surface area contributed by atoms with Gasteiger partial charge in [0.25, 0.3) is 0 Å². The second kappa shape index (κ2) is 10.7. The van der Waals surface area contributed by atoms with Crippen molar-refractivity contribution < 1.29 is 32.2 Å². The first-order valence-electron chi connectivity index (χ1n) is 13.2. The van der Waals surface area contributed by atoms with Crippen molar-refractivity contribution in [2.75, 3.05) is 44.6 Å². The fourth-order valence-electron chi connectivity index (χ4n) is 5.54. The molecule has 2 aromatic rings. The van der Waals surface area contributed by atoms with E-state index >= 15 is 0 Å². The van der Waals surface area contributed by atoms with E-state index in [0.29, 0.717) is 42.2 Å². The smallest absolute Gasteiger partial charge is 0.243 e. The molecule has 2 aliphatic heterocycles. The van der Waals surface area contributed by atoms with E-state index in [9.17, 15) is 18.0 Å². The van der Waals surface area contributed by atoms with Crippen LogP contribution in [0.2, 0.25) is 0 Å². The van der Waals surface area contributed by atoms with Gasteiger partial charge in [-0.3, -0.25) is 9.59 Å². The minimum Gasteiger partial charge on any atom is -0.493 e. The number of anilines is 2. The molecule has 39 heavy (non-hydrogen) atoms. The van der Waals surface area contributed by atoms with Crippen LogP contribution in [0.3, 0.4) is 0 Å². The first-order chi connectivity index (χ1) is 18.7. The average molecular weight is 558 g/mol.